The smallest absolute Gasteiger partial charge is 0.264 e. The quantitative estimate of drug-likeness (QED) is 0.730. The number of imide groups is 2. The Labute approximate surface area is 169 Å². The van der Waals surface area contributed by atoms with Gasteiger partial charge in [0, 0.05) is 10.8 Å². The summed E-state index contributed by atoms with van der Waals surface area (Å²) in [6, 6.07) is 2.73. The lowest BCUT2D eigenvalue weighted by Gasteiger charge is -2.32. The van der Waals surface area contributed by atoms with Crippen molar-refractivity contribution < 1.29 is 19.2 Å². The van der Waals surface area contributed by atoms with Crippen LogP contribution in [0.3, 0.4) is 0 Å². The molecular formula is C18H14Cl2N4O4. The van der Waals surface area contributed by atoms with Crippen LogP contribution in [0.2, 0.25) is 10.0 Å². The second-order valence-corrected chi connectivity index (χ2v) is 7.23. The van der Waals surface area contributed by atoms with Gasteiger partial charge in [-0.05, 0) is 26.2 Å². The van der Waals surface area contributed by atoms with E-state index < -0.39 is 23.6 Å². The Morgan fingerprint density at radius 3 is 1.50 bits per heavy atom. The van der Waals surface area contributed by atoms with Crippen molar-refractivity contribution in [3.63, 3.8) is 0 Å². The molecule has 0 unspecified atom stereocenters. The highest BCUT2D eigenvalue weighted by molar-refractivity contribution is 6.45. The molecule has 0 bridgehead atoms. The molecule has 2 aromatic carbocycles. The van der Waals surface area contributed by atoms with Gasteiger partial charge in [-0.25, -0.2) is 0 Å². The van der Waals surface area contributed by atoms with Gasteiger partial charge in [-0.15, -0.1) is 0 Å². The molecule has 8 nitrogen and oxygen atoms in total. The summed E-state index contributed by atoms with van der Waals surface area (Å²) >= 11 is 12.7. The number of nitrogens with zero attached hydrogens (tertiary/aromatic N) is 2. The first kappa shape index (κ1) is 18.8. The first-order valence-electron chi connectivity index (χ1n) is 8.33. The molecule has 28 heavy (non-hydrogen) atoms. The van der Waals surface area contributed by atoms with Crippen molar-refractivity contribution in [3.05, 3.63) is 44.4 Å². The number of hydrogen-bond donors (Lipinski definition) is 2. The van der Waals surface area contributed by atoms with E-state index in [1.54, 1.807) is 14.1 Å². The fraction of sp³-hybridized carbons (Fsp3) is 0.222. The van der Waals surface area contributed by atoms with Crippen LogP contribution in [-0.4, -0.2) is 60.9 Å². The Kier molecular flexibility index (Phi) is 4.39. The molecule has 0 fully saturated rings. The number of hydrogen-bond acceptors (Lipinski definition) is 6. The fourth-order valence-electron chi connectivity index (χ4n) is 3.67. The van der Waals surface area contributed by atoms with Gasteiger partial charge in [-0.3, -0.25) is 29.0 Å². The monoisotopic (exact) mass is 420 g/mol. The van der Waals surface area contributed by atoms with Gasteiger partial charge in [0.15, 0.2) is 0 Å². The fourth-order valence-corrected chi connectivity index (χ4v) is 4.24. The van der Waals surface area contributed by atoms with E-state index in [1.807, 2.05) is 0 Å². The molecule has 2 aliphatic rings. The summed E-state index contributed by atoms with van der Waals surface area (Å²) in [5.74, 6) is -2.36. The zero-order chi connectivity index (χ0) is 20.3. The molecule has 0 spiro atoms. The topological polar surface area (TPSA) is 98.8 Å². The number of carbonyl (C=O) groups excluding carboxylic acids is 4. The van der Waals surface area contributed by atoms with E-state index in [1.165, 1.54) is 12.1 Å². The van der Waals surface area contributed by atoms with Crippen LogP contribution in [0, 0.1) is 0 Å². The minimum Gasteiger partial charge on any atom is -0.302 e. The normalized spacial score (nSPS) is 15.9. The summed E-state index contributed by atoms with van der Waals surface area (Å²) in [5.41, 5.74) is 0.400. The van der Waals surface area contributed by atoms with Gasteiger partial charge in [-0.2, -0.15) is 0 Å². The molecule has 0 saturated carbocycles. The van der Waals surface area contributed by atoms with Gasteiger partial charge in [0.1, 0.15) is 0 Å². The number of amides is 4. The number of carbonyl (C=O) groups is 4. The molecular weight excluding hydrogens is 407 g/mol. The highest BCUT2D eigenvalue weighted by Gasteiger charge is 2.42. The van der Waals surface area contributed by atoms with E-state index in [4.69, 9.17) is 23.2 Å². The van der Waals surface area contributed by atoms with Crippen LogP contribution in [0.4, 0.5) is 0 Å². The second-order valence-electron chi connectivity index (χ2n) is 6.41. The summed E-state index contributed by atoms with van der Waals surface area (Å²) in [7, 11) is 3.19. The second kappa shape index (κ2) is 6.52. The molecule has 2 aromatic rings. The van der Waals surface area contributed by atoms with Gasteiger partial charge in [0.2, 0.25) is 0 Å². The third-order valence-electron chi connectivity index (χ3n) is 4.81. The van der Waals surface area contributed by atoms with Gasteiger partial charge >= 0.3 is 0 Å². The van der Waals surface area contributed by atoms with Crippen molar-refractivity contribution in [2.75, 3.05) is 27.4 Å². The van der Waals surface area contributed by atoms with Gasteiger partial charge < -0.3 is 10.6 Å². The van der Waals surface area contributed by atoms with Crippen molar-refractivity contribution in [2.24, 2.45) is 0 Å². The zero-order valence-electron chi connectivity index (χ0n) is 14.9. The molecule has 0 atom stereocenters. The maximum absolute atomic E-state index is 12.9. The summed E-state index contributed by atoms with van der Waals surface area (Å²) in [6.07, 6.45) is 0. The molecule has 0 aliphatic carbocycles. The summed E-state index contributed by atoms with van der Waals surface area (Å²) < 4.78 is 0. The first-order chi connectivity index (χ1) is 13.3. The summed E-state index contributed by atoms with van der Waals surface area (Å²) in [5, 5.41) is 5.93. The van der Waals surface area contributed by atoms with E-state index >= 15 is 0 Å². The zero-order valence-corrected chi connectivity index (χ0v) is 16.4. The molecule has 144 valence electrons. The third kappa shape index (κ3) is 2.32. The Hall–Kier alpha value is -2.52. The Morgan fingerprint density at radius 1 is 0.714 bits per heavy atom. The number of nitrogens with one attached hydrogen (secondary N) is 2. The Balaban J connectivity index is 2.13. The first-order valence-corrected chi connectivity index (χ1v) is 9.09. The van der Waals surface area contributed by atoms with Crippen molar-refractivity contribution in [2.45, 2.75) is 0 Å². The molecule has 4 rings (SSSR count). The van der Waals surface area contributed by atoms with Crippen molar-refractivity contribution in [1.82, 2.24) is 20.4 Å². The van der Waals surface area contributed by atoms with Crippen molar-refractivity contribution >= 4 is 57.6 Å². The van der Waals surface area contributed by atoms with Crippen LogP contribution in [-0.2, 0) is 0 Å². The predicted molar refractivity (Wildman–Crippen MR) is 103 cm³/mol. The molecule has 10 heteroatoms. The van der Waals surface area contributed by atoms with Crippen LogP contribution in [0.15, 0.2) is 12.1 Å². The van der Waals surface area contributed by atoms with E-state index in [9.17, 15) is 19.2 Å². The molecule has 0 aromatic heterocycles. The number of halogens is 2. The molecule has 0 radical (unpaired) electrons. The predicted octanol–water partition coefficient (Wildman–Crippen LogP) is 1.69. The van der Waals surface area contributed by atoms with Gasteiger partial charge in [0.05, 0.1) is 45.6 Å². The molecule has 2 N–H and O–H groups in total. The van der Waals surface area contributed by atoms with E-state index in [2.05, 4.69) is 10.6 Å². The Morgan fingerprint density at radius 2 is 1.11 bits per heavy atom. The lowest BCUT2D eigenvalue weighted by Crippen LogP contribution is -2.47. The maximum atomic E-state index is 12.9. The largest absolute Gasteiger partial charge is 0.302 e. The van der Waals surface area contributed by atoms with Gasteiger partial charge in [-0.1, -0.05) is 23.2 Å². The minimum absolute atomic E-state index is 0.00878. The maximum Gasteiger partial charge on any atom is 0.264 e. The van der Waals surface area contributed by atoms with Gasteiger partial charge in [0.25, 0.3) is 23.6 Å². The van der Waals surface area contributed by atoms with E-state index in [-0.39, 0.29) is 56.4 Å². The molecule has 4 amide bonds. The van der Waals surface area contributed by atoms with Crippen molar-refractivity contribution in [1.29, 1.82) is 0 Å². The minimum atomic E-state index is -0.617. The number of benzene rings is 2. The standard InChI is InChI=1S/C18H14Cl2N4O4/c1-21-5-23-15(25)7-3-9(19)12-14-11(7)8(16(23)26)4-10(20)13(14)18(28)24(6-22-2)17(12)27/h3-4,21-22H,5-6H2,1-2H3. The summed E-state index contributed by atoms with van der Waals surface area (Å²) in [6.45, 7) is -0.0479. The lowest BCUT2D eigenvalue weighted by atomic mass is 9.86. The SMILES string of the molecule is CNCN1C(=O)c2cc(Cl)c3c4c(c(Cl)cc(c24)C1=O)C(=O)N(CNC)C3=O. The van der Waals surface area contributed by atoms with Crippen LogP contribution in [0.1, 0.15) is 41.4 Å². The average Bonchev–Trinajstić information content (AvgIpc) is 2.65. The molecule has 2 heterocycles. The molecule has 2 aliphatic heterocycles. The third-order valence-corrected chi connectivity index (χ3v) is 5.41. The Bertz CT molecular complexity index is 1040. The lowest BCUT2D eigenvalue weighted by molar-refractivity contribution is 0.0580. The van der Waals surface area contributed by atoms with Crippen LogP contribution in [0.25, 0.3) is 10.8 Å². The van der Waals surface area contributed by atoms with Crippen LogP contribution in [0.5, 0.6) is 0 Å². The van der Waals surface area contributed by atoms with Crippen LogP contribution < -0.4 is 10.6 Å². The average molecular weight is 421 g/mol. The highest BCUT2D eigenvalue weighted by atomic mass is 35.5. The van der Waals surface area contributed by atoms with Crippen LogP contribution >= 0.6 is 23.2 Å². The van der Waals surface area contributed by atoms with Crippen molar-refractivity contribution in [3.8, 4) is 0 Å². The number of rotatable bonds is 4. The highest BCUT2D eigenvalue weighted by Crippen LogP contribution is 2.43. The van der Waals surface area contributed by atoms with E-state index in [0.29, 0.717) is 0 Å². The summed E-state index contributed by atoms with van der Waals surface area (Å²) in [4.78, 5) is 53.7. The van der Waals surface area contributed by atoms with E-state index in [0.717, 1.165) is 9.80 Å². The molecule has 0 saturated heterocycles.